The van der Waals surface area contributed by atoms with E-state index in [1.54, 1.807) is 0 Å². The van der Waals surface area contributed by atoms with Crippen LogP contribution in [-0.2, 0) is 16.0 Å². The highest BCUT2D eigenvalue weighted by Crippen LogP contribution is 2.44. The van der Waals surface area contributed by atoms with E-state index in [2.05, 4.69) is 9.47 Å². The summed E-state index contributed by atoms with van der Waals surface area (Å²) < 4.78 is 82.4. The average molecular weight is 348 g/mol. The average Bonchev–Trinajstić information content (AvgIpc) is 2.35. The third kappa shape index (κ3) is 6.46. The van der Waals surface area contributed by atoms with E-state index < -0.39 is 40.2 Å². The minimum absolute atomic E-state index is 0.169. The van der Waals surface area contributed by atoms with Crippen molar-refractivity contribution in [1.82, 2.24) is 0 Å². The Balaban J connectivity index is 3.13. The molecule has 0 N–H and O–H groups in total. The molecule has 10 heteroatoms. The number of hydrogen-bond donors (Lipinski definition) is 0. The Labute approximate surface area is 125 Å². The molecule has 0 saturated carbocycles. The van der Waals surface area contributed by atoms with Crippen LogP contribution in [0.15, 0.2) is 23.1 Å². The third-order valence-corrected chi connectivity index (χ3v) is 3.10. The summed E-state index contributed by atoms with van der Waals surface area (Å²) in [6, 6.07) is 3.18. The predicted octanol–water partition coefficient (Wildman–Crippen LogP) is 4.30. The number of methoxy groups -OCH3 is 1. The first kappa shape index (κ1) is 18.5. The van der Waals surface area contributed by atoms with Gasteiger partial charge in [-0.1, -0.05) is 12.1 Å². The zero-order chi connectivity index (χ0) is 17.0. The lowest BCUT2D eigenvalue weighted by Crippen LogP contribution is -2.19. The molecule has 0 aliphatic carbocycles. The van der Waals surface area contributed by atoms with Gasteiger partial charge in [0.1, 0.15) is 5.75 Å². The number of esters is 1. The molecule has 0 aliphatic rings. The summed E-state index contributed by atoms with van der Waals surface area (Å²) >= 11 is -0.719. The zero-order valence-corrected chi connectivity index (χ0v) is 11.9. The lowest BCUT2D eigenvalue weighted by Gasteiger charge is -2.17. The van der Waals surface area contributed by atoms with E-state index in [0.717, 1.165) is 25.3 Å². The number of halogens is 6. The molecule has 22 heavy (non-hydrogen) atoms. The Morgan fingerprint density at radius 3 is 2.32 bits per heavy atom. The van der Waals surface area contributed by atoms with Crippen LogP contribution in [0.3, 0.4) is 0 Å². The van der Waals surface area contributed by atoms with E-state index in [1.165, 1.54) is 0 Å². The number of carbonyl (C=O) groups excluding carboxylic acids is 1. The van der Waals surface area contributed by atoms with Crippen molar-refractivity contribution in [3.05, 3.63) is 23.8 Å². The Morgan fingerprint density at radius 2 is 1.82 bits per heavy atom. The Hall–Kier alpha value is -1.58. The second-order valence-electron chi connectivity index (χ2n) is 3.92. The van der Waals surface area contributed by atoms with Crippen LogP contribution in [0, 0.1) is 0 Å². The van der Waals surface area contributed by atoms with Gasteiger partial charge in [0.25, 0.3) is 0 Å². The van der Waals surface area contributed by atoms with Gasteiger partial charge in [-0.25, -0.2) is 0 Å². The number of aryl methyl sites for hydroxylation is 1. The minimum Gasteiger partial charge on any atom is -0.469 e. The molecular weight excluding hydrogens is 338 g/mol. The standard InChI is InChI=1S/C12H10F6O3S/c1-20-9(19)6-5-7-3-2-4-8(22-12(16,17)18)10(7)21-11(13,14)15/h2-4H,5-6H2,1H3. The van der Waals surface area contributed by atoms with Crippen molar-refractivity contribution in [1.29, 1.82) is 0 Å². The number of thioether (sulfide) groups is 1. The Kier molecular flexibility index (Phi) is 5.98. The molecule has 0 radical (unpaired) electrons. The van der Waals surface area contributed by atoms with Gasteiger partial charge in [0.15, 0.2) is 0 Å². The molecule has 0 amide bonds. The highest BCUT2D eigenvalue weighted by molar-refractivity contribution is 8.00. The summed E-state index contributed by atoms with van der Waals surface area (Å²) in [5.74, 6) is -1.66. The van der Waals surface area contributed by atoms with E-state index in [9.17, 15) is 31.1 Å². The third-order valence-electron chi connectivity index (χ3n) is 2.33. The molecular formula is C12H10F6O3S. The van der Waals surface area contributed by atoms with Crippen molar-refractivity contribution < 1.29 is 40.6 Å². The molecule has 0 aromatic heterocycles. The van der Waals surface area contributed by atoms with E-state index in [1.807, 2.05) is 0 Å². The maximum atomic E-state index is 12.4. The Morgan fingerprint density at radius 1 is 1.18 bits per heavy atom. The van der Waals surface area contributed by atoms with Gasteiger partial charge in [-0.2, -0.15) is 13.2 Å². The summed E-state index contributed by atoms with van der Waals surface area (Å²) in [5, 5.41) is 0. The molecule has 0 saturated heterocycles. The van der Waals surface area contributed by atoms with Crippen molar-refractivity contribution in [2.24, 2.45) is 0 Å². The number of rotatable bonds is 5. The fourth-order valence-corrected chi connectivity index (χ4v) is 2.19. The molecule has 0 spiro atoms. The van der Waals surface area contributed by atoms with Gasteiger partial charge in [0.2, 0.25) is 0 Å². The number of benzene rings is 1. The van der Waals surface area contributed by atoms with Crippen molar-refractivity contribution in [3.8, 4) is 5.75 Å². The molecule has 1 aromatic rings. The minimum atomic E-state index is -5.15. The van der Waals surface area contributed by atoms with E-state index in [4.69, 9.17) is 0 Å². The monoisotopic (exact) mass is 348 g/mol. The first-order chi connectivity index (χ1) is 10.0. The molecule has 124 valence electrons. The summed E-state index contributed by atoms with van der Waals surface area (Å²) in [6.45, 7) is 0. The topological polar surface area (TPSA) is 35.5 Å². The molecule has 0 bridgehead atoms. The lowest BCUT2D eigenvalue weighted by molar-refractivity contribution is -0.275. The van der Waals surface area contributed by atoms with Gasteiger partial charge >= 0.3 is 17.8 Å². The molecule has 0 aliphatic heterocycles. The summed E-state index contributed by atoms with van der Waals surface area (Å²) in [4.78, 5) is 10.3. The summed E-state index contributed by atoms with van der Waals surface area (Å²) in [6.07, 6.45) is -5.68. The Bertz CT molecular complexity index is 527. The maximum Gasteiger partial charge on any atom is 0.573 e. The number of alkyl halides is 6. The second-order valence-corrected chi connectivity index (χ2v) is 5.02. The smallest absolute Gasteiger partial charge is 0.469 e. The summed E-state index contributed by atoms with van der Waals surface area (Å²) in [7, 11) is 1.09. The molecule has 0 atom stereocenters. The van der Waals surface area contributed by atoms with Gasteiger partial charge in [0, 0.05) is 6.42 Å². The number of hydrogen-bond acceptors (Lipinski definition) is 4. The quantitative estimate of drug-likeness (QED) is 0.451. The van der Waals surface area contributed by atoms with Crippen LogP contribution in [0.1, 0.15) is 12.0 Å². The van der Waals surface area contributed by atoms with E-state index in [0.29, 0.717) is 0 Å². The fraction of sp³-hybridized carbons (Fsp3) is 0.417. The lowest BCUT2D eigenvalue weighted by atomic mass is 10.1. The van der Waals surface area contributed by atoms with Crippen molar-refractivity contribution in [3.63, 3.8) is 0 Å². The van der Waals surface area contributed by atoms with Crippen molar-refractivity contribution >= 4 is 17.7 Å². The molecule has 0 fully saturated rings. The number of para-hydroxylation sites is 1. The first-order valence-electron chi connectivity index (χ1n) is 5.72. The van der Waals surface area contributed by atoms with Gasteiger partial charge in [0.05, 0.1) is 12.0 Å². The maximum absolute atomic E-state index is 12.4. The van der Waals surface area contributed by atoms with Crippen molar-refractivity contribution in [2.45, 2.75) is 29.6 Å². The predicted molar refractivity (Wildman–Crippen MR) is 65.4 cm³/mol. The second kappa shape index (κ2) is 7.12. The van der Waals surface area contributed by atoms with Crippen molar-refractivity contribution in [2.75, 3.05) is 7.11 Å². The highest BCUT2D eigenvalue weighted by Gasteiger charge is 2.36. The van der Waals surface area contributed by atoms with E-state index >= 15 is 0 Å². The molecule has 1 rings (SSSR count). The normalized spacial score (nSPS) is 12.1. The zero-order valence-electron chi connectivity index (χ0n) is 11.0. The summed E-state index contributed by atoms with van der Waals surface area (Å²) in [5.41, 5.74) is -4.94. The van der Waals surface area contributed by atoms with Gasteiger partial charge in [-0.15, -0.1) is 13.2 Å². The van der Waals surface area contributed by atoms with Crippen LogP contribution in [0.2, 0.25) is 0 Å². The van der Waals surface area contributed by atoms with Gasteiger partial charge in [-0.3, -0.25) is 4.79 Å². The van der Waals surface area contributed by atoms with Crippen LogP contribution in [0.25, 0.3) is 0 Å². The largest absolute Gasteiger partial charge is 0.573 e. The SMILES string of the molecule is COC(=O)CCc1cccc(SC(F)(F)F)c1OC(F)(F)F. The van der Waals surface area contributed by atoms with Gasteiger partial charge in [-0.05, 0) is 29.8 Å². The number of ether oxygens (including phenoxy) is 2. The van der Waals surface area contributed by atoms with Crippen LogP contribution in [0.5, 0.6) is 5.75 Å². The number of carbonyl (C=O) groups is 1. The van der Waals surface area contributed by atoms with Crippen LogP contribution in [0.4, 0.5) is 26.3 Å². The van der Waals surface area contributed by atoms with Crippen LogP contribution in [-0.4, -0.2) is 24.9 Å². The van der Waals surface area contributed by atoms with Gasteiger partial charge < -0.3 is 9.47 Å². The van der Waals surface area contributed by atoms with E-state index in [-0.39, 0.29) is 18.4 Å². The highest BCUT2D eigenvalue weighted by atomic mass is 32.2. The van der Waals surface area contributed by atoms with Crippen LogP contribution < -0.4 is 4.74 Å². The molecule has 1 aromatic carbocycles. The fourth-order valence-electron chi connectivity index (χ4n) is 1.53. The first-order valence-corrected chi connectivity index (χ1v) is 6.53. The van der Waals surface area contributed by atoms with Crippen LogP contribution >= 0.6 is 11.8 Å². The molecule has 0 unspecified atom stereocenters. The molecule has 3 nitrogen and oxygen atoms in total. The molecule has 0 heterocycles.